The second kappa shape index (κ2) is 14.1. The number of Topliss-reactive ketones (excluding diaryl/α,β-unsaturated/α-hetero) is 1. The molecular weight excluding hydrogens is 724 g/mol. The molecule has 0 spiro atoms. The Morgan fingerprint density at radius 2 is 1.65 bits per heavy atom. The van der Waals surface area contributed by atoms with Gasteiger partial charge in [-0.25, -0.2) is 4.39 Å². The lowest BCUT2D eigenvalue weighted by Crippen LogP contribution is -2.66. The molecule has 0 aliphatic heterocycles. The van der Waals surface area contributed by atoms with Gasteiger partial charge in [0, 0.05) is 35.9 Å². The highest BCUT2D eigenvalue weighted by atomic mass is 19.1. The summed E-state index contributed by atoms with van der Waals surface area (Å²) in [6.45, 7) is 20.0. The summed E-state index contributed by atoms with van der Waals surface area (Å²) in [5, 5.41) is 31.5. The first-order valence-electron chi connectivity index (χ1n) is 21.4. The summed E-state index contributed by atoms with van der Waals surface area (Å²) in [7, 11) is 0. The molecule has 2 aromatic rings. The van der Waals surface area contributed by atoms with Crippen LogP contribution in [0.5, 0.6) is 0 Å². The zero-order chi connectivity index (χ0) is 41.7. The first kappa shape index (κ1) is 41.7. The van der Waals surface area contributed by atoms with E-state index in [9.17, 15) is 29.0 Å². The molecule has 1 aromatic carbocycles. The third kappa shape index (κ3) is 6.17. The number of fused-ring (bicyclic) bond motifs is 7. The highest BCUT2D eigenvalue weighted by Gasteiger charge is 2.71. The normalized spacial score (nSPS) is 35.3. The van der Waals surface area contributed by atoms with Gasteiger partial charge in [-0.1, -0.05) is 48.5 Å². The van der Waals surface area contributed by atoms with Crippen LogP contribution in [0.1, 0.15) is 138 Å². The predicted octanol–water partition coefficient (Wildman–Crippen LogP) is 8.47. The molecule has 5 aliphatic carbocycles. The lowest BCUT2D eigenvalue weighted by molar-refractivity contribution is -0.235. The molecule has 5 aliphatic rings. The van der Waals surface area contributed by atoms with Crippen molar-refractivity contribution < 1.29 is 33.7 Å². The van der Waals surface area contributed by atoms with Crippen molar-refractivity contribution in [2.24, 2.45) is 61.9 Å². The number of carbonyl (C=O) groups excluding carboxylic acids is 2. The zero-order valence-corrected chi connectivity index (χ0v) is 35.6. The lowest BCUT2D eigenvalue weighted by atomic mass is 9.33. The number of rotatable bonds is 10. The lowest BCUT2D eigenvalue weighted by Gasteiger charge is -2.72. The fourth-order valence-electron chi connectivity index (χ4n) is 13.8. The Morgan fingerprint density at radius 1 is 0.965 bits per heavy atom. The van der Waals surface area contributed by atoms with Gasteiger partial charge in [-0.3, -0.25) is 14.4 Å². The number of halogens is 1. The maximum atomic E-state index is 14.3. The van der Waals surface area contributed by atoms with Crippen LogP contribution in [0.3, 0.4) is 0 Å². The fourth-order valence-corrected chi connectivity index (χ4v) is 13.8. The monoisotopic (exact) mass is 788 g/mol. The van der Waals surface area contributed by atoms with Crippen LogP contribution < -0.4 is 5.73 Å². The molecule has 57 heavy (non-hydrogen) atoms. The highest BCUT2D eigenvalue weighted by molar-refractivity contribution is 6.00. The number of carbonyl (C=O) groups is 3. The number of carboxylic acid groups (broad SMARTS) is 1. The molecule has 1 heterocycles. The van der Waals surface area contributed by atoms with Crippen molar-refractivity contribution in [1.82, 2.24) is 14.8 Å². The van der Waals surface area contributed by atoms with Gasteiger partial charge in [0.1, 0.15) is 18.0 Å². The van der Waals surface area contributed by atoms with Gasteiger partial charge in [0.2, 0.25) is 0 Å². The predicted molar refractivity (Wildman–Crippen MR) is 215 cm³/mol. The number of aliphatic carboxylic acids is 1. The number of hydrogen-bond acceptors (Lipinski definition) is 8. The van der Waals surface area contributed by atoms with E-state index in [4.69, 9.17) is 10.5 Å². The van der Waals surface area contributed by atoms with Crippen molar-refractivity contribution in [3.05, 3.63) is 47.1 Å². The standard InChI is InChI=1S/C46H65FN4O6/c1-26(2)35-30(52)24-46(37(54)39-50-49-38(51(39)23-22-48)27-10-12-28(47)13-11-27)21-20-44(8)29(36(35)46)14-15-32-43(7)18-17-33(57-34(53)25-41(3,4)40(55)56)42(5,6)31(43)16-19-45(32,44)9/h10-13,26,29,31-33,37,54H,14-25,48H2,1-9H3,(H,55,56)/t29-,31+,32-,33+,37-,43+,44-,45-,46-/m1/s1. The first-order valence-corrected chi connectivity index (χ1v) is 21.4. The minimum atomic E-state index is -1.19. The van der Waals surface area contributed by atoms with Crippen LogP contribution in [0, 0.1) is 62.0 Å². The number of benzene rings is 1. The van der Waals surface area contributed by atoms with Crippen molar-refractivity contribution in [2.45, 2.75) is 145 Å². The van der Waals surface area contributed by atoms with E-state index < -0.39 is 28.9 Å². The Bertz CT molecular complexity index is 1970. The number of esters is 1. The van der Waals surface area contributed by atoms with E-state index in [2.05, 4.69) is 58.7 Å². The molecular formula is C46H65FN4O6. The summed E-state index contributed by atoms with van der Waals surface area (Å²) in [6, 6.07) is 6.09. The molecule has 11 heteroatoms. The Hall–Kier alpha value is -3.44. The smallest absolute Gasteiger partial charge is 0.309 e. The summed E-state index contributed by atoms with van der Waals surface area (Å²) in [5.41, 5.74) is 6.34. The van der Waals surface area contributed by atoms with Crippen molar-refractivity contribution in [2.75, 3.05) is 6.54 Å². The number of aliphatic hydroxyl groups excluding tert-OH is 1. The van der Waals surface area contributed by atoms with Gasteiger partial charge in [-0.05, 0) is 141 Å². The number of allylic oxidation sites excluding steroid dienone is 1. The molecule has 0 unspecified atom stereocenters. The molecule has 0 saturated heterocycles. The highest BCUT2D eigenvalue weighted by Crippen LogP contribution is 2.77. The third-order valence-electron chi connectivity index (χ3n) is 16.9. The number of carboxylic acids is 1. The molecule has 312 valence electrons. The maximum Gasteiger partial charge on any atom is 0.309 e. The number of ketones is 1. The number of nitrogens with zero attached hydrogens (tertiary/aromatic N) is 3. The van der Waals surface area contributed by atoms with Crippen LogP contribution in [0.4, 0.5) is 4.39 Å². The van der Waals surface area contributed by atoms with Crippen LogP contribution >= 0.6 is 0 Å². The van der Waals surface area contributed by atoms with Crippen LogP contribution in [0.25, 0.3) is 11.4 Å². The number of aromatic nitrogens is 3. The van der Waals surface area contributed by atoms with E-state index in [-0.39, 0.29) is 64.0 Å². The van der Waals surface area contributed by atoms with Crippen molar-refractivity contribution >= 4 is 17.7 Å². The average Bonchev–Trinajstić information content (AvgIpc) is 3.68. The second-order valence-electron chi connectivity index (χ2n) is 20.8. The molecule has 7 rings (SSSR count). The largest absolute Gasteiger partial charge is 0.481 e. The summed E-state index contributed by atoms with van der Waals surface area (Å²) in [4.78, 5) is 39.3. The van der Waals surface area contributed by atoms with Crippen molar-refractivity contribution in [3.63, 3.8) is 0 Å². The molecule has 0 bridgehead atoms. The van der Waals surface area contributed by atoms with Gasteiger partial charge in [-0.2, -0.15) is 0 Å². The van der Waals surface area contributed by atoms with Gasteiger partial charge in [-0.15, -0.1) is 10.2 Å². The minimum absolute atomic E-state index is 0.000688. The van der Waals surface area contributed by atoms with E-state index in [1.165, 1.54) is 12.1 Å². The van der Waals surface area contributed by atoms with E-state index in [1.807, 2.05) is 4.57 Å². The Labute approximate surface area is 337 Å². The molecule has 0 amide bonds. The number of hydrogen-bond donors (Lipinski definition) is 3. The van der Waals surface area contributed by atoms with Gasteiger partial charge in [0.05, 0.1) is 11.8 Å². The summed E-state index contributed by atoms with van der Waals surface area (Å²) in [6.07, 6.45) is 5.83. The van der Waals surface area contributed by atoms with Crippen LogP contribution in [0.2, 0.25) is 0 Å². The van der Waals surface area contributed by atoms with Gasteiger partial charge in [0.15, 0.2) is 17.4 Å². The quantitative estimate of drug-likeness (QED) is 0.201. The molecule has 9 atom stereocenters. The number of nitrogens with two attached hydrogens (primary N) is 1. The van der Waals surface area contributed by atoms with E-state index in [0.29, 0.717) is 48.6 Å². The zero-order valence-electron chi connectivity index (χ0n) is 35.6. The summed E-state index contributed by atoms with van der Waals surface area (Å²) < 4.78 is 21.9. The third-order valence-corrected chi connectivity index (χ3v) is 16.9. The van der Waals surface area contributed by atoms with Crippen LogP contribution in [0.15, 0.2) is 35.4 Å². The fraction of sp³-hybridized carbons (Fsp3) is 0.717. The Balaban J connectivity index is 1.22. The average molecular weight is 789 g/mol. The first-order chi connectivity index (χ1) is 26.6. The van der Waals surface area contributed by atoms with Crippen LogP contribution in [-0.4, -0.2) is 55.3 Å². The summed E-state index contributed by atoms with van der Waals surface area (Å²) >= 11 is 0. The molecule has 10 nitrogen and oxygen atoms in total. The van der Waals surface area contributed by atoms with Gasteiger partial charge < -0.3 is 25.3 Å². The van der Waals surface area contributed by atoms with Crippen molar-refractivity contribution in [3.8, 4) is 11.4 Å². The molecule has 1 aromatic heterocycles. The maximum absolute atomic E-state index is 14.3. The Morgan fingerprint density at radius 3 is 2.28 bits per heavy atom. The summed E-state index contributed by atoms with van der Waals surface area (Å²) in [5.74, 6) is 0.0632. The number of ether oxygens (including phenoxy) is 1. The minimum Gasteiger partial charge on any atom is -0.481 e. The van der Waals surface area contributed by atoms with Crippen molar-refractivity contribution in [1.29, 1.82) is 0 Å². The van der Waals surface area contributed by atoms with Crippen LogP contribution in [-0.2, 0) is 25.7 Å². The molecule has 4 saturated carbocycles. The SMILES string of the molecule is CC(C)C1=C2[C@H]3CC[C@@H]4[C@@]5(C)CC[C@H](OC(=O)CC(C)(C)C(=O)O)C(C)(C)[C@@H]5CC[C@@]4(C)[C@]3(C)CC[C@@]2([C@H](O)c2nnc(-c3ccc(F)cc3)n2CCN)CC1=O. The molecule has 0 radical (unpaired) electrons. The van der Waals surface area contributed by atoms with E-state index in [1.54, 1.807) is 26.0 Å². The van der Waals surface area contributed by atoms with E-state index in [0.717, 1.165) is 56.1 Å². The molecule has 4 fully saturated rings. The van der Waals surface area contributed by atoms with Gasteiger partial charge in [0.25, 0.3) is 0 Å². The molecule has 4 N–H and O–H groups in total. The Kier molecular flexibility index (Phi) is 10.3. The van der Waals surface area contributed by atoms with E-state index >= 15 is 0 Å². The van der Waals surface area contributed by atoms with Gasteiger partial charge >= 0.3 is 11.9 Å². The topological polar surface area (TPSA) is 158 Å². The second-order valence-corrected chi connectivity index (χ2v) is 20.8. The number of aliphatic hydroxyl groups is 1.